The molecule has 3 aromatic rings. The van der Waals surface area contributed by atoms with Crippen LogP contribution in [0.5, 0.6) is 23.0 Å². The molecule has 0 bridgehead atoms. The van der Waals surface area contributed by atoms with Crippen molar-refractivity contribution in [3.05, 3.63) is 46.1 Å². The van der Waals surface area contributed by atoms with Gasteiger partial charge in [0.2, 0.25) is 5.75 Å². The molecule has 6 rings (SSSR count). The van der Waals surface area contributed by atoms with Crippen molar-refractivity contribution in [1.29, 1.82) is 0 Å². The van der Waals surface area contributed by atoms with Crippen LogP contribution in [0.15, 0.2) is 18.2 Å². The summed E-state index contributed by atoms with van der Waals surface area (Å²) in [5, 5.41) is 11.2. The van der Waals surface area contributed by atoms with E-state index in [4.69, 9.17) is 28.4 Å². The summed E-state index contributed by atoms with van der Waals surface area (Å²) in [6, 6.07) is 4.45. The monoisotopic (exact) mass is 678 g/mol. The fourth-order valence-electron chi connectivity index (χ4n) is 8.39. The van der Waals surface area contributed by atoms with Gasteiger partial charge in [0, 0.05) is 31.3 Å². The number of nitrogens with zero attached hydrogens (tertiary/aromatic N) is 1. The molecule has 1 saturated carbocycles. The van der Waals surface area contributed by atoms with E-state index in [-0.39, 0.29) is 58.0 Å². The molecule has 1 aromatic heterocycles. The number of carbonyl (C=O) groups excluding carboxylic acids is 4. The highest BCUT2D eigenvalue weighted by atomic mass is 16.6. The average molecular weight is 679 g/mol. The van der Waals surface area contributed by atoms with Crippen molar-refractivity contribution in [2.75, 3.05) is 48.6 Å². The zero-order chi connectivity index (χ0) is 35.3. The van der Waals surface area contributed by atoms with Gasteiger partial charge in [-0.25, -0.2) is 4.79 Å². The van der Waals surface area contributed by atoms with E-state index in [1.165, 1.54) is 61.5 Å². The van der Waals surface area contributed by atoms with Crippen LogP contribution in [-0.4, -0.2) is 99.3 Å². The molecule has 13 nitrogen and oxygen atoms in total. The van der Waals surface area contributed by atoms with Crippen LogP contribution in [0.3, 0.4) is 0 Å². The summed E-state index contributed by atoms with van der Waals surface area (Å²) < 4.78 is 33.3. The summed E-state index contributed by atoms with van der Waals surface area (Å²) in [7, 11) is 7.01. The van der Waals surface area contributed by atoms with E-state index in [9.17, 15) is 24.3 Å². The lowest BCUT2D eigenvalue weighted by Gasteiger charge is -2.52. The number of aromatic hydroxyl groups is 1. The van der Waals surface area contributed by atoms with Gasteiger partial charge in [-0.3, -0.25) is 19.3 Å². The first-order valence-corrected chi connectivity index (χ1v) is 16.3. The molecular weight excluding hydrogens is 636 g/mol. The number of piperidine rings is 1. The predicted molar refractivity (Wildman–Crippen MR) is 176 cm³/mol. The quantitative estimate of drug-likeness (QED) is 0.245. The molecule has 3 aliphatic rings. The van der Waals surface area contributed by atoms with Crippen LogP contribution in [0.25, 0.3) is 10.9 Å². The zero-order valence-corrected chi connectivity index (χ0v) is 28.7. The second kappa shape index (κ2) is 13.4. The van der Waals surface area contributed by atoms with Gasteiger partial charge in [-0.05, 0) is 68.7 Å². The Morgan fingerprint density at radius 3 is 2.18 bits per heavy atom. The highest BCUT2D eigenvalue weighted by Crippen LogP contribution is 2.51. The van der Waals surface area contributed by atoms with Crippen LogP contribution in [0.2, 0.25) is 0 Å². The second-order valence-corrected chi connectivity index (χ2v) is 13.0. The molecule has 3 heterocycles. The maximum Gasteiger partial charge on any atom is 0.338 e. The summed E-state index contributed by atoms with van der Waals surface area (Å²) >= 11 is 0. The zero-order valence-electron chi connectivity index (χ0n) is 28.7. The summed E-state index contributed by atoms with van der Waals surface area (Å²) in [6.07, 6.45) is 0.166. The van der Waals surface area contributed by atoms with Crippen LogP contribution in [0, 0.1) is 17.8 Å². The molecule has 2 aromatic carbocycles. The number of Topliss-reactive ketones (excluding diaryl/α,β-unsaturated/α-hetero) is 2. The normalized spacial score (nSPS) is 24.6. The van der Waals surface area contributed by atoms with Crippen molar-refractivity contribution < 1.29 is 52.7 Å². The molecule has 1 saturated heterocycles. The van der Waals surface area contributed by atoms with Crippen LogP contribution in [0.4, 0.5) is 0 Å². The maximum absolute atomic E-state index is 13.5. The molecule has 13 heteroatoms. The molecule has 0 spiro atoms. The van der Waals surface area contributed by atoms with Gasteiger partial charge in [0.05, 0.1) is 62.6 Å². The van der Waals surface area contributed by atoms with Gasteiger partial charge in [-0.15, -0.1) is 0 Å². The molecular formula is C36H42N2O11. The van der Waals surface area contributed by atoms with Gasteiger partial charge in [0.25, 0.3) is 0 Å². The highest BCUT2D eigenvalue weighted by molar-refractivity contribution is 6.14. The van der Waals surface area contributed by atoms with Crippen molar-refractivity contribution in [2.24, 2.45) is 17.8 Å². The lowest BCUT2D eigenvalue weighted by molar-refractivity contribution is -0.176. The Morgan fingerprint density at radius 2 is 1.61 bits per heavy atom. The van der Waals surface area contributed by atoms with E-state index in [0.29, 0.717) is 42.5 Å². The standard InChI is InChI=1S/C36H42N2O11/c1-16(39)21-13-23-20-8-9-38-15-19-12-27(49-35(42)18-10-25(44-3)32(41)26(11-18)45-4)34(47-6)29(36(43)48-7)22(19)14-24(38)30(20)37-31(23)28(17(2)40)33(21)46-5/h10-11,13,19,22,24,27,29,34,37,41H,8-9,12,14-15H2,1-7H3/t19-,22+,24-,27-,29+,34+/m1/s1. The molecule has 2 fully saturated rings. The topological polar surface area (TPSA) is 163 Å². The Labute approximate surface area is 283 Å². The number of hydrogen-bond acceptors (Lipinski definition) is 12. The van der Waals surface area contributed by atoms with Gasteiger partial charge in [0.15, 0.2) is 23.1 Å². The minimum absolute atomic E-state index is 0.0310. The van der Waals surface area contributed by atoms with E-state index >= 15 is 0 Å². The van der Waals surface area contributed by atoms with Crippen molar-refractivity contribution in [3.8, 4) is 23.0 Å². The average Bonchev–Trinajstić information content (AvgIpc) is 3.47. The van der Waals surface area contributed by atoms with Crippen molar-refractivity contribution >= 4 is 34.4 Å². The lowest BCUT2D eigenvalue weighted by atomic mass is 9.63. The molecule has 262 valence electrons. The number of ketones is 2. The Balaban J connectivity index is 1.35. The number of ether oxygens (including phenoxy) is 6. The minimum atomic E-state index is -0.789. The third kappa shape index (κ3) is 5.68. The number of phenols is 1. The number of aromatic amines is 1. The van der Waals surface area contributed by atoms with Crippen LogP contribution < -0.4 is 14.2 Å². The number of esters is 2. The molecule has 6 atom stereocenters. The number of fused-ring (bicyclic) bond motifs is 6. The van der Waals surface area contributed by atoms with E-state index in [1.807, 2.05) is 6.07 Å². The first kappa shape index (κ1) is 34.3. The fraction of sp³-hybridized carbons (Fsp3) is 0.500. The number of phenolic OH excluding ortho intramolecular Hbond substituents is 1. The van der Waals surface area contributed by atoms with Gasteiger partial charge in [0.1, 0.15) is 18.0 Å². The Bertz CT molecular complexity index is 1810. The Morgan fingerprint density at radius 1 is 0.918 bits per heavy atom. The van der Waals surface area contributed by atoms with Gasteiger partial charge in [-0.2, -0.15) is 0 Å². The first-order valence-electron chi connectivity index (χ1n) is 16.3. The SMILES string of the molecule is COC(=O)[C@H]1[C@H]2C[C@@H]3c4[nH]c5c(C(C)=O)c(OC)c(C(C)=O)cc5c4CCN3C[C@H]2C[C@@H](OC(=O)c2cc(OC)c(O)c(OC)c2)[C@@H]1OC. The third-order valence-electron chi connectivity index (χ3n) is 10.6. The molecule has 49 heavy (non-hydrogen) atoms. The van der Waals surface area contributed by atoms with E-state index in [0.717, 1.165) is 23.2 Å². The van der Waals surface area contributed by atoms with Gasteiger partial charge >= 0.3 is 11.9 Å². The molecule has 1 aliphatic carbocycles. The van der Waals surface area contributed by atoms with E-state index in [1.54, 1.807) is 0 Å². The number of aromatic nitrogens is 1. The fourth-order valence-corrected chi connectivity index (χ4v) is 8.39. The first-order chi connectivity index (χ1) is 23.5. The van der Waals surface area contributed by atoms with Crippen LogP contribution >= 0.6 is 0 Å². The number of rotatable bonds is 9. The number of hydrogen-bond donors (Lipinski definition) is 2. The van der Waals surface area contributed by atoms with Crippen LogP contribution in [0.1, 0.15) is 75.1 Å². The Hall–Kier alpha value is -4.62. The van der Waals surface area contributed by atoms with Crippen molar-refractivity contribution in [3.63, 3.8) is 0 Å². The molecule has 2 aliphatic heterocycles. The molecule has 0 unspecified atom stereocenters. The number of carbonyl (C=O) groups is 4. The minimum Gasteiger partial charge on any atom is -0.502 e. The summed E-state index contributed by atoms with van der Waals surface area (Å²) in [6.45, 7) is 4.27. The largest absolute Gasteiger partial charge is 0.502 e. The summed E-state index contributed by atoms with van der Waals surface area (Å²) in [5.74, 6) is -2.35. The van der Waals surface area contributed by atoms with E-state index < -0.39 is 30.1 Å². The van der Waals surface area contributed by atoms with Gasteiger partial charge in [-0.1, -0.05) is 0 Å². The number of H-pyrrole nitrogens is 1. The molecule has 2 N–H and O–H groups in total. The maximum atomic E-state index is 13.5. The van der Waals surface area contributed by atoms with E-state index in [2.05, 4.69) is 9.88 Å². The third-order valence-corrected chi connectivity index (χ3v) is 10.6. The highest BCUT2D eigenvalue weighted by Gasteiger charge is 2.54. The summed E-state index contributed by atoms with van der Waals surface area (Å²) in [4.78, 5) is 58.5. The van der Waals surface area contributed by atoms with Crippen molar-refractivity contribution in [1.82, 2.24) is 9.88 Å². The van der Waals surface area contributed by atoms with Gasteiger partial charge < -0.3 is 38.5 Å². The number of nitrogens with one attached hydrogen (secondary N) is 1. The number of methoxy groups -OCH3 is 5. The second-order valence-electron chi connectivity index (χ2n) is 13.0. The molecule has 0 radical (unpaired) electrons. The Kier molecular flexibility index (Phi) is 9.34. The number of benzene rings is 2. The van der Waals surface area contributed by atoms with Crippen LogP contribution in [-0.2, 0) is 25.4 Å². The summed E-state index contributed by atoms with van der Waals surface area (Å²) in [5.41, 5.74) is 3.45. The predicted octanol–water partition coefficient (Wildman–Crippen LogP) is 4.27. The molecule has 0 amide bonds. The smallest absolute Gasteiger partial charge is 0.338 e. The van der Waals surface area contributed by atoms with Crippen molar-refractivity contribution in [2.45, 2.75) is 51.4 Å². The lowest BCUT2D eigenvalue weighted by Crippen LogP contribution is -2.58.